The van der Waals surface area contributed by atoms with Gasteiger partial charge < -0.3 is 19.7 Å². The summed E-state index contributed by atoms with van der Waals surface area (Å²) in [4.78, 5) is 26.7. The molecule has 2 amide bonds. The first-order chi connectivity index (χ1) is 13.4. The van der Waals surface area contributed by atoms with Crippen molar-refractivity contribution >= 4 is 11.8 Å². The van der Waals surface area contributed by atoms with Gasteiger partial charge in [-0.25, -0.2) is 0 Å². The van der Waals surface area contributed by atoms with Crippen molar-refractivity contribution in [2.75, 3.05) is 20.3 Å². The van der Waals surface area contributed by atoms with Crippen molar-refractivity contribution in [1.29, 1.82) is 0 Å². The molecule has 0 aliphatic heterocycles. The Morgan fingerprint density at radius 3 is 2.21 bits per heavy atom. The van der Waals surface area contributed by atoms with Gasteiger partial charge in [-0.05, 0) is 50.6 Å². The summed E-state index contributed by atoms with van der Waals surface area (Å²) >= 11 is 0. The van der Waals surface area contributed by atoms with Crippen molar-refractivity contribution in [2.24, 2.45) is 0 Å². The van der Waals surface area contributed by atoms with E-state index in [4.69, 9.17) is 9.47 Å². The molecule has 0 radical (unpaired) electrons. The minimum Gasteiger partial charge on any atom is -0.497 e. The van der Waals surface area contributed by atoms with Gasteiger partial charge in [0.15, 0.2) is 6.61 Å². The summed E-state index contributed by atoms with van der Waals surface area (Å²) in [6.07, 6.45) is 0. The lowest BCUT2D eigenvalue weighted by molar-refractivity contribution is -0.142. The number of carbonyl (C=O) groups excluding carboxylic acids is 2. The average molecular weight is 384 g/mol. The molecule has 0 saturated carbocycles. The number of hydrogen-bond acceptors (Lipinski definition) is 4. The summed E-state index contributed by atoms with van der Waals surface area (Å²) in [5.41, 5.74) is 2.02. The van der Waals surface area contributed by atoms with Crippen molar-refractivity contribution in [3.05, 3.63) is 59.7 Å². The lowest BCUT2D eigenvalue weighted by atomic mass is 10.1. The van der Waals surface area contributed by atoms with E-state index in [1.807, 2.05) is 62.4 Å². The molecule has 1 N–H and O–H groups in total. The SMILES string of the molecule is CCNC(=O)[C@@H](C)N(Cc1ccc(OC)cc1)C(=O)COc1ccc(C)cc1. The maximum absolute atomic E-state index is 12.9. The van der Waals surface area contributed by atoms with Gasteiger partial charge in [0.25, 0.3) is 5.91 Å². The second-order valence-corrected chi connectivity index (χ2v) is 6.54. The summed E-state index contributed by atoms with van der Waals surface area (Å²) in [7, 11) is 1.60. The van der Waals surface area contributed by atoms with Gasteiger partial charge in [-0.3, -0.25) is 9.59 Å². The topological polar surface area (TPSA) is 67.9 Å². The Hall–Kier alpha value is -3.02. The molecule has 0 fully saturated rings. The number of nitrogens with one attached hydrogen (secondary N) is 1. The van der Waals surface area contributed by atoms with E-state index in [1.165, 1.54) is 4.90 Å². The molecular weight excluding hydrogens is 356 g/mol. The number of ether oxygens (including phenoxy) is 2. The Morgan fingerprint density at radius 2 is 1.64 bits per heavy atom. The van der Waals surface area contributed by atoms with Crippen molar-refractivity contribution in [2.45, 2.75) is 33.4 Å². The van der Waals surface area contributed by atoms with Gasteiger partial charge in [0.1, 0.15) is 17.5 Å². The van der Waals surface area contributed by atoms with Crippen LogP contribution in [0.1, 0.15) is 25.0 Å². The van der Waals surface area contributed by atoms with Crippen molar-refractivity contribution in [3.8, 4) is 11.5 Å². The fourth-order valence-corrected chi connectivity index (χ4v) is 2.69. The molecule has 6 nitrogen and oxygen atoms in total. The summed E-state index contributed by atoms with van der Waals surface area (Å²) in [5.74, 6) is 0.907. The van der Waals surface area contributed by atoms with Gasteiger partial charge in [0, 0.05) is 13.1 Å². The highest BCUT2D eigenvalue weighted by atomic mass is 16.5. The maximum atomic E-state index is 12.9. The van der Waals surface area contributed by atoms with E-state index in [0.717, 1.165) is 16.9 Å². The van der Waals surface area contributed by atoms with E-state index >= 15 is 0 Å². The van der Waals surface area contributed by atoms with Crippen molar-refractivity contribution in [1.82, 2.24) is 10.2 Å². The molecule has 0 spiro atoms. The molecule has 28 heavy (non-hydrogen) atoms. The number of rotatable bonds is 9. The third-order valence-electron chi connectivity index (χ3n) is 4.41. The maximum Gasteiger partial charge on any atom is 0.261 e. The second-order valence-electron chi connectivity index (χ2n) is 6.54. The third kappa shape index (κ3) is 6.01. The number of benzene rings is 2. The Labute approximate surface area is 166 Å². The number of aryl methyl sites for hydroxylation is 1. The zero-order valence-corrected chi connectivity index (χ0v) is 16.9. The quantitative estimate of drug-likeness (QED) is 0.722. The normalized spacial score (nSPS) is 11.4. The molecule has 2 aromatic rings. The summed E-state index contributed by atoms with van der Waals surface area (Å²) in [6.45, 7) is 6.23. The van der Waals surface area contributed by atoms with Crippen LogP contribution < -0.4 is 14.8 Å². The first-order valence-corrected chi connectivity index (χ1v) is 9.34. The van der Waals surface area contributed by atoms with Crippen LogP contribution in [0.3, 0.4) is 0 Å². The number of methoxy groups -OCH3 is 1. The molecule has 2 rings (SSSR count). The van der Waals surface area contributed by atoms with Crippen LogP contribution >= 0.6 is 0 Å². The van der Waals surface area contributed by atoms with Crippen LogP contribution in [0.25, 0.3) is 0 Å². The van der Waals surface area contributed by atoms with Crippen LogP contribution in [0.2, 0.25) is 0 Å². The van der Waals surface area contributed by atoms with Gasteiger partial charge in [0.05, 0.1) is 7.11 Å². The highest BCUT2D eigenvalue weighted by Crippen LogP contribution is 2.16. The molecular formula is C22H28N2O4. The van der Waals surface area contributed by atoms with Gasteiger partial charge in [-0.15, -0.1) is 0 Å². The Morgan fingerprint density at radius 1 is 1.04 bits per heavy atom. The zero-order chi connectivity index (χ0) is 20.5. The smallest absolute Gasteiger partial charge is 0.261 e. The highest BCUT2D eigenvalue weighted by Gasteiger charge is 2.26. The lowest BCUT2D eigenvalue weighted by Gasteiger charge is -2.28. The molecule has 0 bridgehead atoms. The number of hydrogen-bond donors (Lipinski definition) is 1. The van der Waals surface area contributed by atoms with Crippen LogP contribution in [-0.2, 0) is 16.1 Å². The van der Waals surface area contributed by atoms with Crippen LogP contribution in [-0.4, -0.2) is 43.0 Å². The molecule has 0 unspecified atom stereocenters. The largest absolute Gasteiger partial charge is 0.497 e. The first kappa shape index (κ1) is 21.3. The van der Waals surface area contributed by atoms with Gasteiger partial charge in [-0.2, -0.15) is 0 Å². The molecule has 0 heterocycles. The second kappa shape index (κ2) is 10.3. The molecule has 0 aromatic heterocycles. The molecule has 0 aliphatic carbocycles. The van der Waals surface area contributed by atoms with Crippen LogP contribution in [0.5, 0.6) is 11.5 Å². The third-order valence-corrected chi connectivity index (χ3v) is 4.41. The van der Waals surface area contributed by atoms with E-state index in [0.29, 0.717) is 18.8 Å². The molecule has 150 valence electrons. The first-order valence-electron chi connectivity index (χ1n) is 9.34. The Balaban J connectivity index is 2.11. The minimum absolute atomic E-state index is 0.136. The van der Waals surface area contributed by atoms with Crippen LogP contribution in [0.15, 0.2) is 48.5 Å². The highest BCUT2D eigenvalue weighted by molar-refractivity contribution is 5.87. The molecule has 1 atom stereocenters. The Bertz CT molecular complexity index is 772. The van der Waals surface area contributed by atoms with E-state index in [-0.39, 0.29) is 18.4 Å². The number of likely N-dealkylation sites (N-methyl/N-ethyl adjacent to an activating group) is 1. The van der Waals surface area contributed by atoms with E-state index in [1.54, 1.807) is 14.0 Å². The molecule has 6 heteroatoms. The summed E-state index contributed by atoms with van der Waals surface area (Å²) in [6, 6.07) is 14.3. The molecule has 2 aromatic carbocycles. The van der Waals surface area contributed by atoms with E-state index in [2.05, 4.69) is 5.32 Å². The summed E-state index contributed by atoms with van der Waals surface area (Å²) < 4.78 is 10.8. The van der Waals surface area contributed by atoms with E-state index < -0.39 is 6.04 Å². The average Bonchev–Trinajstić information content (AvgIpc) is 2.71. The number of nitrogens with zero attached hydrogens (tertiary/aromatic N) is 1. The van der Waals surface area contributed by atoms with Crippen LogP contribution in [0, 0.1) is 6.92 Å². The van der Waals surface area contributed by atoms with E-state index in [9.17, 15) is 9.59 Å². The van der Waals surface area contributed by atoms with Crippen molar-refractivity contribution in [3.63, 3.8) is 0 Å². The predicted molar refractivity (Wildman–Crippen MR) is 108 cm³/mol. The minimum atomic E-state index is -0.615. The molecule has 0 aliphatic rings. The lowest BCUT2D eigenvalue weighted by Crippen LogP contribution is -2.49. The standard InChI is InChI=1S/C22H28N2O4/c1-5-23-22(26)17(3)24(14-18-8-12-19(27-4)13-9-18)21(25)15-28-20-10-6-16(2)7-11-20/h6-13,17H,5,14-15H2,1-4H3,(H,23,26)/t17-/m1/s1. The van der Waals surface area contributed by atoms with Gasteiger partial charge >= 0.3 is 0 Å². The molecule has 0 saturated heterocycles. The fourth-order valence-electron chi connectivity index (χ4n) is 2.69. The van der Waals surface area contributed by atoms with Gasteiger partial charge in [0.2, 0.25) is 5.91 Å². The summed E-state index contributed by atoms with van der Waals surface area (Å²) in [5, 5.41) is 2.77. The van der Waals surface area contributed by atoms with Crippen LogP contribution in [0.4, 0.5) is 0 Å². The predicted octanol–water partition coefficient (Wildman–Crippen LogP) is 2.94. The number of carbonyl (C=O) groups is 2. The Kier molecular flexibility index (Phi) is 7.87. The monoisotopic (exact) mass is 384 g/mol. The van der Waals surface area contributed by atoms with Gasteiger partial charge in [-0.1, -0.05) is 29.8 Å². The zero-order valence-electron chi connectivity index (χ0n) is 16.9. The fraction of sp³-hybridized carbons (Fsp3) is 0.364. The number of amides is 2. The van der Waals surface area contributed by atoms with Crippen molar-refractivity contribution < 1.29 is 19.1 Å².